The Morgan fingerprint density at radius 2 is 1.76 bits per heavy atom. The van der Waals surface area contributed by atoms with Crippen LogP contribution < -0.4 is 5.32 Å². The molecule has 0 atom stereocenters. The summed E-state index contributed by atoms with van der Waals surface area (Å²) in [7, 11) is 0. The van der Waals surface area contributed by atoms with Gasteiger partial charge in [0.05, 0.1) is 16.6 Å². The van der Waals surface area contributed by atoms with Crippen LogP contribution in [0, 0.1) is 21.4 Å². The summed E-state index contributed by atoms with van der Waals surface area (Å²) in [4.78, 5) is 22.6. The predicted molar refractivity (Wildman–Crippen MR) is 93.1 cm³/mol. The SMILES string of the molecule is CC(C)(C)OC(=O)Nc1ccc(-c2ccc(C#N)cc2)cc1[N+](=O)[O-]. The highest BCUT2D eigenvalue weighted by molar-refractivity contribution is 5.89. The number of benzene rings is 2. The lowest BCUT2D eigenvalue weighted by Gasteiger charge is -2.19. The number of hydrogen-bond donors (Lipinski definition) is 1. The van der Waals surface area contributed by atoms with Crippen LogP contribution in [0.2, 0.25) is 0 Å². The Morgan fingerprint density at radius 3 is 2.28 bits per heavy atom. The Kier molecular flexibility index (Phi) is 5.03. The molecule has 0 fully saturated rings. The van der Waals surface area contributed by atoms with E-state index in [4.69, 9.17) is 10.00 Å². The number of carbonyl (C=O) groups is 1. The van der Waals surface area contributed by atoms with Crippen LogP contribution in [-0.4, -0.2) is 16.6 Å². The molecule has 0 heterocycles. The van der Waals surface area contributed by atoms with Crippen LogP contribution >= 0.6 is 0 Å². The zero-order chi connectivity index (χ0) is 18.6. The van der Waals surface area contributed by atoms with Crippen molar-refractivity contribution in [3.63, 3.8) is 0 Å². The molecule has 2 rings (SSSR count). The summed E-state index contributed by atoms with van der Waals surface area (Å²) in [6.07, 6.45) is -0.762. The molecule has 128 valence electrons. The molecule has 2 aromatic carbocycles. The van der Waals surface area contributed by atoms with E-state index < -0.39 is 16.6 Å². The number of nitrogens with one attached hydrogen (secondary N) is 1. The fraction of sp³-hybridized carbons (Fsp3) is 0.222. The van der Waals surface area contributed by atoms with Gasteiger partial charge in [-0.1, -0.05) is 18.2 Å². The highest BCUT2D eigenvalue weighted by Crippen LogP contribution is 2.31. The van der Waals surface area contributed by atoms with Crippen molar-refractivity contribution in [3.8, 4) is 17.2 Å². The van der Waals surface area contributed by atoms with Gasteiger partial charge < -0.3 is 4.74 Å². The molecule has 1 amide bonds. The average molecular weight is 339 g/mol. The Balaban J connectivity index is 2.32. The largest absolute Gasteiger partial charge is 0.444 e. The van der Waals surface area contributed by atoms with Gasteiger partial charge in [-0.15, -0.1) is 0 Å². The van der Waals surface area contributed by atoms with E-state index in [-0.39, 0.29) is 11.4 Å². The Hall–Kier alpha value is -3.40. The highest BCUT2D eigenvalue weighted by Gasteiger charge is 2.21. The van der Waals surface area contributed by atoms with E-state index in [1.165, 1.54) is 12.1 Å². The number of nitro benzene ring substituents is 1. The van der Waals surface area contributed by atoms with Crippen LogP contribution in [0.1, 0.15) is 26.3 Å². The van der Waals surface area contributed by atoms with Crippen molar-refractivity contribution in [2.24, 2.45) is 0 Å². The zero-order valence-electron chi connectivity index (χ0n) is 14.1. The lowest BCUT2D eigenvalue weighted by Crippen LogP contribution is -2.27. The molecule has 25 heavy (non-hydrogen) atoms. The van der Waals surface area contributed by atoms with Gasteiger partial charge in [-0.2, -0.15) is 5.26 Å². The van der Waals surface area contributed by atoms with Gasteiger partial charge in [0.1, 0.15) is 11.3 Å². The van der Waals surface area contributed by atoms with Gasteiger partial charge in [-0.05, 0) is 50.1 Å². The van der Waals surface area contributed by atoms with Crippen molar-refractivity contribution >= 4 is 17.5 Å². The molecule has 0 bridgehead atoms. The van der Waals surface area contributed by atoms with Crippen molar-refractivity contribution in [3.05, 3.63) is 58.1 Å². The predicted octanol–water partition coefficient (Wildman–Crippen LogP) is 4.48. The zero-order valence-corrected chi connectivity index (χ0v) is 14.1. The highest BCUT2D eigenvalue weighted by atomic mass is 16.6. The quantitative estimate of drug-likeness (QED) is 0.655. The van der Waals surface area contributed by atoms with Crippen molar-refractivity contribution in [1.29, 1.82) is 5.26 Å². The first-order valence-electron chi connectivity index (χ1n) is 7.48. The fourth-order valence-electron chi connectivity index (χ4n) is 2.12. The smallest absolute Gasteiger partial charge is 0.412 e. The van der Waals surface area contributed by atoms with Crippen LogP contribution in [0.4, 0.5) is 16.2 Å². The number of nitriles is 1. The molecule has 7 heteroatoms. The first kappa shape index (κ1) is 17.9. The summed E-state index contributed by atoms with van der Waals surface area (Å²) >= 11 is 0. The van der Waals surface area contributed by atoms with E-state index in [1.807, 2.05) is 6.07 Å². The van der Waals surface area contributed by atoms with Crippen molar-refractivity contribution < 1.29 is 14.5 Å². The van der Waals surface area contributed by atoms with Crippen LogP contribution in [-0.2, 0) is 4.74 Å². The first-order chi connectivity index (χ1) is 11.7. The molecule has 0 aliphatic rings. The molecular weight excluding hydrogens is 322 g/mol. The topological polar surface area (TPSA) is 105 Å². The molecule has 0 unspecified atom stereocenters. The van der Waals surface area contributed by atoms with Gasteiger partial charge >= 0.3 is 6.09 Å². The maximum absolute atomic E-state index is 11.8. The summed E-state index contributed by atoms with van der Waals surface area (Å²) in [6, 6.07) is 13.2. The number of nitrogens with zero attached hydrogens (tertiary/aromatic N) is 2. The van der Waals surface area contributed by atoms with E-state index in [0.29, 0.717) is 11.1 Å². The van der Waals surface area contributed by atoms with Gasteiger partial charge in [-0.3, -0.25) is 15.4 Å². The maximum Gasteiger partial charge on any atom is 0.412 e. The molecule has 2 aromatic rings. The minimum absolute atomic E-state index is 0.0524. The molecule has 0 radical (unpaired) electrons. The summed E-state index contributed by atoms with van der Waals surface area (Å²) in [6.45, 7) is 5.11. The number of nitro groups is 1. The average Bonchev–Trinajstić information content (AvgIpc) is 2.53. The van der Waals surface area contributed by atoms with Crippen LogP contribution in [0.3, 0.4) is 0 Å². The summed E-state index contributed by atoms with van der Waals surface area (Å²) in [5, 5.41) is 22.6. The Bertz CT molecular complexity index is 846. The van der Waals surface area contributed by atoms with Crippen LogP contribution in [0.25, 0.3) is 11.1 Å². The van der Waals surface area contributed by atoms with E-state index >= 15 is 0 Å². The molecule has 0 aromatic heterocycles. The van der Waals surface area contributed by atoms with Crippen molar-refractivity contribution in [1.82, 2.24) is 0 Å². The summed E-state index contributed by atoms with van der Waals surface area (Å²) in [5.74, 6) is 0. The van der Waals surface area contributed by atoms with E-state index in [9.17, 15) is 14.9 Å². The van der Waals surface area contributed by atoms with Gasteiger partial charge in [0, 0.05) is 6.07 Å². The number of rotatable bonds is 3. The third kappa shape index (κ3) is 4.78. The molecule has 0 aliphatic heterocycles. The lowest BCUT2D eigenvalue weighted by molar-refractivity contribution is -0.383. The lowest BCUT2D eigenvalue weighted by atomic mass is 10.0. The minimum atomic E-state index is -0.762. The monoisotopic (exact) mass is 339 g/mol. The minimum Gasteiger partial charge on any atom is -0.444 e. The van der Waals surface area contributed by atoms with E-state index in [1.54, 1.807) is 51.1 Å². The molecule has 0 saturated heterocycles. The van der Waals surface area contributed by atoms with Gasteiger partial charge in [0.25, 0.3) is 5.69 Å². The van der Waals surface area contributed by atoms with Gasteiger partial charge in [-0.25, -0.2) is 4.79 Å². The molecule has 0 spiro atoms. The maximum atomic E-state index is 11.8. The number of anilines is 1. The summed E-state index contributed by atoms with van der Waals surface area (Å²) < 4.78 is 5.11. The van der Waals surface area contributed by atoms with Crippen molar-refractivity contribution in [2.45, 2.75) is 26.4 Å². The molecule has 0 saturated carbocycles. The third-order valence-electron chi connectivity index (χ3n) is 3.18. The van der Waals surface area contributed by atoms with Gasteiger partial charge in [0.2, 0.25) is 0 Å². The number of amides is 1. The first-order valence-corrected chi connectivity index (χ1v) is 7.48. The van der Waals surface area contributed by atoms with Crippen molar-refractivity contribution in [2.75, 3.05) is 5.32 Å². The summed E-state index contributed by atoms with van der Waals surface area (Å²) in [5.41, 5.74) is 0.934. The Labute approximate surface area is 145 Å². The number of ether oxygens (including phenoxy) is 1. The molecule has 1 N–H and O–H groups in total. The van der Waals surface area contributed by atoms with Crippen LogP contribution in [0.15, 0.2) is 42.5 Å². The second-order valence-electron chi connectivity index (χ2n) is 6.31. The van der Waals surface area contributed by atoms with Crippen LogP contribution in [0.5, 0.6) is 0 Å². The number of hydrogen-bond acceptors (Lipinski definition) is 5. The number of carbonyl (C=O) groups excluding carboxylic acids is 1. The fourth-order valence-corrected chi connectivity index (χ4v) is 2.12. The molecule has 7 nitrogen and oxygen atoms in total. The molecule has 0 aliphatic carbocycles. The third-order valence-corrected chi connectivity index (χ3v) is 3.18. The normalized spacial score (nSPS) is 10.6. The van der Waals surface area contributed by atoms with E-state index in [2.05, 4.69) is 5.32 Å². The van der Waals surface area contributed by atoms with E-state index in [0.717, 1.165) is 5.56 Å². The molecular formula is C18H17N3O4. The second-order valence-corrected chi connectivity index (χ2v) is 6.31. The Morgan fingerprint density at radius 1 is 1.16 bits per heavy atom. The second kappa shape index (κ2) is 7.01. The van der Waals surface area contributed by atoms with Gasteiger partial charge in [0.15, 0.2) is 0 Å². The standard InChI is InChI=1S/C18H17N3O4/c1-18(2,3)25-17(22)20-15-9-8-14(10-16(15)21(23)24)13-6-4-12(11-19)5-7-13/h4-10H,1-3H3,(H,20,22).